The molecule has 3 rings (SSSR count). The van der Waals surface area contributed by atoms with Gasteiger partial charge in [-0.15, -0.1) is 0 Å². The molecule has 1 aliphatic heterocycles. The van der Waals surface area contributed by atoms with Crippen molar-refractivity contribution in [2.75, 3.05) is 6.54 Å². The molecule has 4 nitrogen and oxygen atoms in total. The summed E-state index contributed by atoms with van der Waals surface area (Å²) in [5, 5.41) is 4.93. The van der Waals surface area contributed by atoms with Crippen LogP contribution < -0.4 is 0 Å². The highest BCUT2D eigenvalue weighted by atomic mass is 35.5. The molecule has 0 unspecified atom stereocenters. The third-order valence-corrected chi connectivity index (χ3v) is 4.17. The summed E-state index contributed by atoms with van der Waals surface area (Å²) in [6, 6.07) is 7.19. The van der Waals surface area contributed by atoms with Crippen LogP contribution in [0.15, 0.2) is 24.3 Å². The normalized spacial score (nSPS) is 14.2. The predicted octanol–water partition coefficient (Wildman–Crippen LogP) is 2.58. The van der Waals surface area contributed by atoms with Gasteiger partial charge in [0.2, 0.25) is 0 Å². The van der Waals surface area contributed by atoms with Crippen molar-refractivity contribution in [2.45, 2.75) is 19.9 Å². The van der Waals surface area contributed by atoms with E-state index in [1.165, 1.54) is 5.56 Å². The summed E-state index contributed by atoms with van der Waals surface area (Å²) < 4.78 is 1.87. The topological polar surface area (TPSA) is 38.1 Å². The van der Waals surface area contributed by atoms with Gasteiger partial charge in [0, 0.05) is 13.6 Å². The second-order valence-corrected chi connectivity index (χ2v) is 5.50. The van der Waals surface area contributed by atoms with E-state index in [4.69, 9.17) is 11.6 Å². The van der Waals surface area contributed by atoms with Gasteiger partial charge in [0.05, 0.1) is 28.5 Å². The molecule has 0 aliphatic carbocycles. The van der Waals surface area contributed by atoms with Crippen molar-refractivity contribution in [1.29, 1.82) is 0 Å². The third-order valence-electron chi connectivity index (χ3n) is 3.84. The Bertz CT molecular complexity index is 678. The summed E-state index contributed by atoms with van der Waals surface area (Å²) in [5.74, 6) is -0.0138. The van der Waals surface area contributed by atoms with Crippen molar-refractivity contribution in [1.82, 2.24) is 14.7 Å². The number of hydrogen-bond donors (Lipinski definition) is 0. The van der Waals surface area contributed by atoms with Crippen molar-refractivity contribution in [2.24, 2.45) is 7.05 Å². The summed E-state index contributed by atoms with van der Waals surface area (Å²) in [6.45, 7) is 3.32. The van der Waals surface area contributed by atoms with Crippen LogP contribution in [0.2, 0.25) is 5.02 Å². The van der Waals surface area contributed by atoms with Crippen LogP contribution in [0.5, 0.6) is 0 Å². The van der Waals surface area contributed by atoms with Crippen LogP contribution in [0, 0.1) is 6.92 Å². The summed E-state index contributed by atoms with van der Waals surface area (Å²) in [7, 11) is 1.93. The fourth-order valence-electron chi connectivity index (χ4n) is 2.76. The SMILES string of the molecule is Cc1nn(C)c2c1CCN(C(=O)c1ccccc1Cl)C2. The van der Waals surface area contributed by atoms with Gasteiger partial charge in [-0.05, 0) is 31.0 Å². The quantitative estimate of drug-likeness (QED) is 0.809. The number of aromatic nitrogens is 2. The zero-order chi connectivity index (χ0) is 14.3. The summed E-state index contributed by atoms with van der Waals surface area (Å²) in [6.07, 6.45) is 0.852. The van der Waals surface area contributed by atoms with Crippen molar-refractivity contribution in [3.05, 3.63) is 51.8 Å². The van der Waals surface area contributed by atoms with Crippen LogP contribution in [0.1, 0.15) is 27.3 Å². The van der Waals surface area contributed by atoms with Crippen LogP contribution in [0.3, 0.4) is 0 Å². The fourth-order valence-corrected chi connectivity index (χ4v) is 2.97. The highest BCUT2D eigenvalue weighted by molar-refractivity contribution is 6.33. The zero-order valence-corrected chi connectivity index (χ0v) is 12.3. The van der Waals surface area contributed by atoms with E-state index in [9.17, 15) is 4.79 Å². The second-order valence-electron chi connectivity index (χ2n) is 5.09. The lowest BCUT2D eigenvalue weighted by molar-refractivity contribution is 0.0730. The van der Waals surface area contributed by atoms with Gasteiger partial charge in [0.1, 0.15) is 0 Å². The highest BCUT2D eigenvalue weighted by Gasteiger charge is 2.26. The number of carbonyl (C=O) groups is 1. The van der Waals surface area contributed by atoms with Crippen molar-refractivity contribution in [3.8, 4) is 0 Å². The number of nitrogens with zero attached hydrogens (tertiary/aromatic N) is 3. The Kier molecular flexibility index (Phi) is 3.26. The maximum Gasteiger partial charge on any atom is 0.255 e. The maximum atomic E-state index is 12.6. The molecule has 1 aromatic heterocycles. The standard InChI is InChI=1S/C15H16ClN3O/c1-10-11-7-8-19(9-14(11)18(2)17-10)15(20)12-5-3-4-6-13(12)16/h3-6H,7-9H2,1-2H3. The molecule has 20 heavy (non-hydrogen) atoms. The average Bonchev–Trinajstić information content (AvgIpc) is 2.73. The smallest absolute Gasteiger partial charge is 0.255 e. The lowest BCUT2D eigenvalue weighted by Crippen LogP contribution is -2.36. The van der Waals surface area contributed by atoms with Gasteiger partial charge in [-0.1, -0.05) is 23.7 Å². The predicted molar refractivity (Wildman–Crippen MR) is 77.8 cm³/mol. The molecular formula is C15H16ClN3O. The maximum absolute atomic E-state index is 12.6. The molecule has 1 aromatic carbocycles. The Balaban J connectivity index is 1.89. The molecule has 0 N–H and O–H groups in total. The molecule has 0 saturated carbocycles. The molecule has 1 aliphatic rings. The lowest BCUT2D eigenvalue weighted by Gasteiger charge is -2.28. The highest BCUT2D eigenvalue weighted by Crippen LogP contribution is 2.24. The van der Waals surface area contributed by atoms with Gasteiger partial charge in [0.15, 0.2) is 0 Å². The van der Waals surface area contributed by atoms with E-state index in [2.05, 4.69) is 5.10 Å². The molecule has 0 atom stereocenters. The molecule has 0 radical (unpaired) electrons. The molecule has 0 saturated heterocycles. The van der Waals surface area contributed by atoms with E-state index in [1.54, 1.807) is 12.1 Å². The number of rotatable bonds is 1. The minimum Gasteiger partial charge on any atom is -0.332 e. The second kappa shape index (κ2) is 4.94. The molecule has 0 fully saturated rings. The Hall–Kier alpha value is -1.81. The Labute approximate surface area is 123 Å². The van der Waals surface area contributed by atoms with Crippen LogP contribution >= 0.6 is 11.6 Å². The minimum atomic E-state index is -0.0138. The van der Waals surface area contributed by atoms with Gasteiger partial charge < -0.3 is 4.90 Å². The first-order chi connectivity index (χ1) is 9.58. The van der Waals surface area contributed by atoms with Gasteiger partial charge in [0.25, 0.3) is 5.91 Å². The monoisotopic (exact) mass is 289 g/mol. The molecule has 2 heterocycles. The number of hydrogen-bond acceptors (Lipinski definition) is 2. The largest absolute Gasteiger partial charge is 0.332 e. The molecule has 2 aromatic rings. The lowest BCUT2D eigenvalue weighted by atomic mass is 10.0. The molecule has 5 heteroatoms. The molecule has 0 bridgehead atoms. The number of aryl methyl sites for hydroxylation is 2. The van der Waals surface area contributed by atoms with Gasteiger partial charge in [-0.25, -0.2) is 0 Å². The van der Waals surface area contributed by atoms with Gasteiger partial charge in [-0.2, -0.15) is 5.10 Å². The van der Waals surface area contributed by atoms with Crippen molar-refractivity contribution in [3.63, 3.8) is 0 Å². The van der Waals surface area contributed by atoms with Crippen molar-refractivity contribution < 1.29 is 4.79 Å². The number of fused-ring (bicyclic) bond motifs is 1. The first-order valence-corrected chi connectivity index (χ1v) is 7.01. The first kappa shape index (κ1) is 13.2. The Morgan fingerprint density at radius 3 is 2.85 bits per heavy atom. The first-order valence-electron chi connectivity index (χ1n) is 6.63. The molecule has 104 valence electrons. The fraction of sp³-hybridized carbons (Fsp3) is 0.333. The molecular weight excluding hydrogens is 274 g/mol. The van der Waals surface area contributed by atoms with Gasteiger partial charge >= 0.3 is 0 Å². The summed E-state index contributed by atoms with van der Waals surface area (Å²) >= 11 is 6.11. The third kappa shape index (κ3) is 2.10. The number of benzene rings is 1. The molecule has 1 amide bonds. The van der Waals surface area contributed by atoms with Crippen LogP contribution in [0.25, 0.3) is 0 Å². The number of halogens is 1. The van der Waals surface area contributed by atoms with E-state index in [0.29, 0.717) is 23.7 Å². The van der Waals surface area contributed by atoms with Crippen molar-refractivity contribution >= 4 is 17.5 Å². The number of amides is 1. The number of carbonyl (C=O) groups excluding carboxylic acids is 1. The summed E-state index contributed by atoms with van der Waals surface area (Å²) in [5.41, 5.74) is 4.02. The Morgan fingerprint density at radius 2 is 2.10 bits per heavy atom. The molecule has 0 spiro atoms. The van der Waals surface area contributed by atoms with E-state index in [0.717, 1.165) is 17.8 Å². The van der Waals surface area contributed by atoms with Gasteiger partial charge in [-0.3, -0.25) is 9.48 Å². The van der Waals surface area contributed by atoms with Crippen LogP contribution in [-0.2, 0) is 20.0 Å². The Morgan fingerprint density at radius 1 is 1.35 bits per heavy atom. The minimum absolute atomic E-state index is 0.0138. The summed E-state index contributed by atoms with van der Waals surface area (Å²) in [4.78, 5) is 14.4. The van der Waals surface area contributed by atoms with E-state index in [-0.39, 0.29) is 5.91 Å². The van der Waals surface area contributed by atoms with E-state index in [1.807, 2.05) is 35.7 Å². The van der Waals surface area contributed by atoms with E-state index >= 15 is 0 Å². The van der Waals surface area contributed by atoms with E-state index < -0.39 is 0 Å². The zero-order valence-electron chi connectivity index (χ0n) is 11.6. The van der Waals surface area contributed by atoms with Crippen LogP contribution in [0.4, 0.5) is 0 Å². The average molecular weight is 290 g/mol. The van der Waals surface area contributed by atoms with Crippen LogP contribution in [-0.4, -0.2) is 27.1 Å².